The van der Waals surface area contributed by atoms with E-state index < -0.39 is 10.0 Å². The number of hydrogen-bond acceptors (Lipinski definition) is 5. The third-order valence-corrected chi connectivity index (χ3v) is 4.37. The van der Waals surface area contributed by atoms with E-state index >= 15 is 0 Å². The molecule has 0 aliphatic heterocycles. The van der Waals surface area contributed by atoms with Crippen LogP contribution in [0.25, 0.3) is 0 Å². The topological polar surface area (TPSA) is 89.4 Å². The first-order valence-corrected chi connectivity index (χ1v) is 8.01. The summed E-state index contributed by atoms with van der Waals surface area (Å²) in [5.74, 6) is 0. The first-order chi connectivity index (χ1) is 8.88. The van der Waals surface area contributed by atoms with E-state index in [1.54, 1.807) is 23.5 Å². The Bertz CT molecular complexity index is 666. The van der Waals surface area contributed by atoms with Crippen molar-refractivity contribution in [1.29, 1.82) is 0 Å². The predicted molar refractivity (Wildman–Crippen MR) is 78.7 cm³/mol. The Kier molecular flexibility index (Phi) is 3.79. The second-order valence-corrected chi connectivity index (χ2v) is 6.57. The fourth-order valence-electron chi connectivity index (χ4n) is 1.82. The summed E-state index contributed by atoms with van der Waals surface area (Å²) in [5.41, 5.74) is 7.66. The smallest absolute Gasteiger partial charge is 0.240 e. The van der Waals surface area contributed by atoms with Crippen LogP contribution in [0.5, 0.6) is 0 Å². The first-order valence-electron chi connectivity index (χ1n) is 5.52. The van der Waals surface area contributed by atoms with E-state index in [2.05, 4.69) is 0 Å². The molecule has 0 atom stereocenters. The van der Waals surface area contributed by atoms with Gasteiger partial charge in [0.15, 0.2) is 0 Å². The summed E-state index contributed by atoms with van der Waals surface area (Å²) in [6.45, 7) is 0.607. The Hall–Kier alpha value is -1.57. The summed E-state index contributed by atoms with van der Waals surface area (Å²) in [5, 5.41) is 9.23. The number of nitrogens with two attached hydrogens (primary N) is 2. The van der Waals surface area contributed by atoms with Gasteiger partial charge in [-0.1, -0.05) is 0 Å². The first kappa shape index (κ1) is 13.9. The maximum absolute atomic E-state index is 11.6. The van der Waals surface area contributed by atoms with E-state index in [4.69, 9.17) is 10.9 Å². The van der Waals surface area contributed by atoms with Crippen LogP contribution in [0, 0.1) is 0 Å². The lowest BCUT2D eigenvalue weighted by atomic mass is 10.2. The lowest BCUT2D eigenvalue weighted by Crippen LogP contribution is -2.22. The van der Waals surface area contributed by atoms with Crippen molar-refractivity contribution in [2.75, 3.05) is 17.7 Å². The predicted octanol–water partition coefficient (Wildman–Crippen LogP) is 1.61. The second-order valence-electron chi connectivity index (χ2n) is 4.26. The Balaban J connectivity index is 2.39. The molecule has 0 radical (unpaired) electrons. The number of primary sulfonamides is 1. The summed E-state index contributed by atoms with van der Waals surface area (Å²) in [4.78, 5) is 1.88. The Morgan fingerprint density at radius 1 is 1.32 bits per heavy atom. The second kappa shape index (κ2) is 5.20. The number of rotatable bonds is 4. The van der Waals surface area contributed by atoms with E-state index in [9.17, 15) is 8.42 Å². The minimum Gasteiger partial charge on any atom is -0.399 e. The Labute approximate surface area is 116 Å². The minimum atomic E-state index is -3.80. The molecule has 0 amide bonds. The third kappa shape index (κ3) is 3.25. The molecular weight excluding hydrogens is 282 g/mol. The van der Waals surface area contributed by atoms with Crippen LogP contribution in [0.4, 0.5) is 11.4 Å². The quantitative estimate of drug-likeness (QED) is 0.839. The number of nitrogens with zero attached hydrogens (tertiary/aromatic N) is 1. The van der Waals surface area contributed by atoms with Crippen molar-refractivity contribution in [3.8, 4) is 0 Å². The number of nitrogen functional groups attached to an aromatic ring is 1. The fraction of sp³-hybridized carbons (Fsp3) is 0.167. The van der Waals surface area contributed by atoms with Gasteiger partial charge in [-0.3, -0.25) is 0 Å². The van der Waals surface area contributed by atoms with Gasteiger partial charge in [-0.15, -0.1) is 0 Å². The number of sulfonamides is 1. The van der Waals surface area contributed by atoms with Gasteiger partial charge in [0, 0.05) is 19.3 Å². The van der Waals surface area contributed by atoms with Gasteiger partial charge in [0.2, 0.25) is 10.0 Å². The van der Waals surface area contributed by atoms with Crippen LogP contribution < -0.4 is 15.8 Å². The molecule has 2 rings (SSSR count). The van der Waals surface area contributed by atoms with Crippen molar-refractivity contribution in [2.45, 2.75) is 11.4 Å². The lowest BCUT2D eigenvalue weighted by molar-refractivity contribution is 0.597. The zero-order valence-electron chi connectivity index (χ0n) is 10.4. The molecule has 4 N–H and O–H groups in total. The van der Waals surface area contributed by atoms with Gasteiger partial charge < -0.3 is 10.6 Å². The zero-order valence-corrected chi connectivity index (χ0v) is 12.0. The molecule has 0 saturated carbocycles. The van der Waals surface area contributed by atoms with E-state index in [1.807, 2.05) is 28.8 Å². The van der Waals surface area contributed by atoms with Crippen LogP contribution in [0.1, 0.15) is 5.56 Å². The van der Waals surface area contributed by atoms with Crippen LogP contribution in [0.3, 0.4) is 0 Å². The standard InChI is InChI=1S/C12H15N3O2S2/c1-15(7-9-4-5-18-8-9)11-3-2-10(13)6-12(11)19(14,16)17/h2-6,8H,7,13H2,1H3,(H2,14,16,17). The molecule has 5 nitrogen and oxygen atoms in total. The normalized spacial score (nSPS) is 11.5. The van der Waals surface area contributed by atoms with Crippen molar-refractivity contribution >= 4 is 32.7 Å². The van der Waals surface area contributed by atoms with Gasteiger partial charge >= 0.3 is 0 Å². The summed E-state index contributed by atoms with van der Waals surface area (Å²) in [6.07, 6.45) is 0. The molecular formula is C12H15N3O2S2. The average molecular weight is 297 g/mol. The van der Waals surface area contributed by atoms with E-state index in [1.165, 1.54) is 6.07 Å². The molecule has 0 fully saturated rings. The number of thiophene rings is 1. The summed E-state index contributed by atoms with van der Waals surface area (Å²) >= 11 is 1.60. The van der Waals surface area contributed by atoms with Crippen LogP contribution in [0.2, 0.25) is 0 Å². The van der Waals surface area contributed by atoms with Gasteiger partial charge in [0.05, 0.1) is 5.69 Å². The van der Waals surface area contributed by atoms with Gasteiger partial charge in [-0.2, -0.15) is 11.3 Å². The highest BCUT2D eigenvalue weighted by atomic mass is 32.2. The molecule has 102 valence electrons. The van der Waals surface area contributed by atoms with Gasteiger partial charge in [-0.05, 0) is 40.6 Å². The molecule has 1 aromatic carbocycles. The van der Waals surface area contributed by atoms with Crippen molar-refractivity contribution < 1.29 is 8.42 Å². The lowest BCUT2D eigenvalue weighted by Gasteiger charge is -2.21. The summed E-state index contributed by atoms with van der Waals surface area (Å²) in [6, 6.07) is 6.71. The van der Waals surface area contributed by atoms with E-state index in [-0.39, 0.29) is 4.90 Å². The SMILES string of the molecule is CN(Cc1ccsc1)c1ccc(N)cc1S(N)(=O)=O. The minimum absolute atomic E-state index is 0.0465. The number of hydrogen-bond donors (Lipinski definition) is 2. The van der Waals surface area contributed by atoms with E-state index in [0.717, 1.165) is 5.56 Å². The van der Waals surface area contributed by atoms with Gasteiger partial charge in [0.1, 0.15) is 4.90 Å². The Morgan fingerprint density at radius 2 is 2.05 bits per heavy atom. The van der Waals surface area contributed by atoms with Gasteiger partial charge in [-0.25, -0.2) is 13.6 Å². The number of benzene rings is 1. The van der Waals surface area contributed by atoms with Crippen molar-refractivity contribution in [1.82, 2.24) is 0 Å². The third-order valence-electron chi connectivity index (χ3n) is 2.70. The molecule has 0 aliphatic carbocycles. The number of anilines is 2. The summed E-state index contributed by atoms with van der Waals surface area (Å²) in [7, 11) is -1.98. The molecule has 0 aliphatic rings. The summed E-state index contributed by atoms with van der Waals surface area (Å²) < 4.78 is 23.2. The molecule has 0 saturated heterocycles. The van der Waals surface area contributed by atoms with Gasteiger partial charge in [0.25, 0.3) is 0 Å². The zero-order chi connectivity index (χ0) is 14.0. The largest absolute Gasteiger partial charge is 0.399 e. The molecule has 19 heavy (non-hydrogen) atoms. The van der Waals surface area contributed by atoms with E-state index in [0.29, 0.717) is 17.9 Å². The van der Waals surface area contributed by atoms with Crippen LogP contribution in [0.15, 0.2) is 39.9 Å². The monoisotopic (exact) mass is 297 g/mol. The molecule has 2 aromatic rings. The highest BCUT2D eigenvalue weighted by molar-refractivity contribution is 7.89. The molecule has 1 aromatic heterocycles. The highest BCUT2D eigenvalue weighted by Gasteiger charge is 2.17. The highest BCUT2D eigenvalue weighted by Crippen LogP contribution is 2.27. The molecule has 7 heteroatoms. The van der Waals surface area contributed by atoms with Crippen molar-refractivity contribution in [3.05, 3.63) is 40.6 Å². The molecule has 0 unspecified atom stereocenters. The fourth-order valence-corrected chi connectivity index (χ4v) is 3.29. The maximum Gasteiger partial charge on any atom is 0.240 e. The molecule has 0 spiro atoms. The average Bonchev–Trinajstić information content (AvgIpc) is 2.80. The maximum atomic E-state index is 11.6. The van der Waals surface area contributed by atoms with Crippen molar-refractivity contribution in [3.63, 3.8) is 0 Å². The van der Waals surface area contributed by atoms with Crippen LogP contribution in [-0.2, 0) is 16.6 Å². The van der Waals surface area contributed by atoms with Crippen LogP contribution in [-0.4, -0.2) is 15.5 Å². The Morgan fingerprint density at radius 3 is 2.63 bits per heavy atom. The van der Waals surface area contributed by atoms with Crippen LogP contribution >= 0.6 is 11.3 Å². The molecule has 1 heterocycles. The molecule has 0 bridgehead atoms. The van der Waals surface area contributed by atoms with Crippen molar-refractivity contribution in [2.24, 2.45) is 5.14 Å².